The first-order chi connectivity index (χ1) is 7.90. The molecule has 0 rings (SSSR count). The van der Waals surface area contributed by atoms with Crippen LogP contribution in [0.1, 0.15) is 54.4 Å². The minimum Gasteiger partial charge on any atom is -0.462 e. The van der Waals surface area contributed by atoms with E-state index in [1.807, 2.05) is 13.8 Å². The Morgan fingerprint density at radius 1 is 1.12 bits per heavy atom. The van der Waals surface area contributed by atoms with Crippen molar-refractivity contribution < 1.29 is 9.53 Å². The molecule has 0 unspecified atom stereocenters. The third kappa shape index (κ3) is 7.37. The molecule has 0 saturated heterocycles. The molecule has 0 aromatic carbocycles. The second kappa shape index (κ2) is 8.51. The predicted molar refractivity (Wildman–Crippen MR) is 72.0 cm³/mol. The molecule has 3 nitrogen and oxygen atoms in total. The molecule has 0 radical (unpaired) electrons. The molecule has 0 fully saturated rings. The molecular weight excluding hydrogens is 214 g/mol. The Kier molecular flexibility index (Phi) is 8.23. The van der Waals surface area contributed by atoms with Crippen LogP contribution in [0.3, 0.4) is 0 Å². The first-order valence-electron chi connectivity index (χ1n) is 6.84. The highest BCUT2D eigenvalue weighted by atomic mass is 16.5. The largest absolute Gasteiger partial charge is 0.462 e. The fourth-order valence-corrected chi connectivity index (χ4v) is 2.08. The van der Waals surface area contributed by atoms with E-state index in [2.05, 4.69) is 32.6 Å². The van der Waals surface area contributed by atoms with Crippen LogP contribution in [0.5, 0.6) is 0 Å². The van der Waals surface area contributed by atoms with E-state index in [4.69, 9.17) is 4.74 Å². The summed E-state index contributed by atoms with van der Waals surface area (Å²) < 4.78 is 5.22. The number of rotatable bonds is 8. The molecule has 17 heavy (non-hydrogen) atoms. The van der Waals surface area contributed by atoms with Crippen LogP contribution in [0.2, 0.25) is 0 Å². The van der Waals surface area contributed by atoms with Gasteiger partial charge in [0.1, 0.15) is 0 Å². The molecule has 3 heteroatoms. The molecule has 0 aliphatic heterocycles. The van der Waals surface area contributed by atoms with Crippen LogP contribution < -0.4 is 0 Å². The lowest BCUT2D eigenvalue weighted by Crippen LogP contribution is -2.41. The van der Waals surface area contributed by atoms with Gasteiger partial charge in [0.25, 0.3) is 0 Å². The van der Waals surface area contributed by atoms with Gasteiger partial charge >= 0.3 is 5.97 Å². The molecule has 0 atom stereocenters. The molecule has 102 valence electrons. The average molecular weight is 243 g/mol. The van der Waals surface area contributed by atoms with Gasteiger partial charge < -0.3 is 4.74 Å². The summed E-state index contributed by atoms with van der Waals surface area (Å²) in [5, 5.41) is 0. The lowest BCUT2D eigenvalue weighted by Gasteiger charge is -2.31. The van der Waals surface area contributed by atoms with Crippen molar-refractivity contribution in [3.05, 3.63) is 0 Å². The molecule has 0 aromatic heterocycles. The zero-order valence-electron chi connectivity index (χ0n) is 12.3. The van der Waals surface area contributed by atoms with E-state index in [1.54, 1.807) is 0 Å². The van der Waals surface area contributed by atoms with Gasteiger partial charge in [0.05, 0.1) is 12.6 Å². The van der Waals surface area contributed by atoms with E-state index in [0.29, 0.717) is 18.5 Å². The number of hydrogen-bond donors (Lipinski definition) is 0. The van der Waals surface area contributed by atoms with Crippen molar-refractivity contribution in [2.75, 3.05) is 13.1 Å². The number of ether oxygens (including phenoxy) is 1. The minimum atomic E-state index is -0.104. The van der Waals surface area contributed by atoms with Crippen molar-refractivity contribution in [1.29, 1.82) is 0 Å². The zero-order valence-corrected chi connectivity index (χ0v) is 12.3. The van der Waals surface area contributed by atoms with Gasteiger partial charge in [-0.2, -0.15) is 0 Å². The lowest BCUT2D eigenvalue weighted by molar-refractivity contribution is -0.149. The predicted octanol–water partition coefficient (Wildman–Crippen LogP) is 3.08. The normalized spacial score (nSPS) is 11.9. The number of carbonyl (C=O) groups is 1. The van der Waals surface area contributed by atoms with E-state index in [-0.39, 0.29) is 12.1 Å². The van der Waals surface area contributed by atoms with Gasteiger partial charge in [-0.25, -0.2) is 0 Å². The molecule has 0 heterocycles. The van der Waals surface area contributed by atoms with Crippen molar-refractivity contribution in [1.82, 2.24) is 4.90 Å². The van der Waals surface area contributed by atoms with Crippen LogP contribution in [-0.2, 0) is 9.53 Å². The molecule has 0 N–H and O–H groups in total. The molecule has 0 aliphatic carbocycles. The third-order valence-electron chi connectivity index (χ3n) is 2.76. The zero-order chi connectivity index (χ0) is 13.4. The van der Waals surface area contributed by atoms with Gasteiger partial charge in [-0.3, -0.25) is 9.69 Å². The highest BCUT2D eigenvalue weighted by molar-refractivity contribution is 5.71. The Bertz CT molecular complexity index is 210. The van der Waals surface area contributed by atoms with Gasteiger partial charge in [-0.05, 0) is 32.6 Å². The second-order valence-electron chi connectivity index (χ2n) is 5.33. The number of carbonyl (C=O) groups excluding carboxylic acids is 1. The molecule has 0 amide bonds. The van der Waals surface area contributed by atoms with Crippen molar-refractivity contribution in [2.24, 2.45) is 5.92 Å². The molecular formula is C14H29NO2. The van der Waals surface area contributed by atoms with Gasteiger partial charge in [-0.1, -0.05) is 27.7 Å². The van der Waals surface area contributed by atoms with E-state index < -0.39 is 0 Å². The summed E-state index contributed by atoms with van der Waals surface area (Å²) in [7, 11) is 0. The minimum absolute atomic E-state index is 0.0231. The van der Waals surface area contributed by atoms with Crippen molar-refractivity contribution in [3.8, 4) is 0 Å². The molecule has 0 spiro atoms. The van der Waals surface area contributed by atoms with Gasteiger partial charge in [0, 0.05) is 12.6 Å². The third-order valence-corrected chi connectivity index (χ3v) is 2.76. The monoisotopic (exact) mass is 243 g/mol. The molecule has 0 bridgehead atoms. The highest BCUT2D eigenvalue weighted by Crippen LogP contribution is 2.11. The maximum atomic E-state index is 11.7. The topological polar surface area (TPSA) is 29.5 Å². The van der Waals surface area contributed by atoms with Gasteiger partial charge in [0.15, 0.2) is 0 Å². The molecule has 0 aromatic rings. The lowest BCUT2D eigenvalue weighted by atomic mass is 10.1. The Hall–Kier alpha value is -0.570. The van der Waals surface area contributed by atoms with Gasteiger partial charge in [0.2, 0.25) is 0 Å². The van der Waals surface area contributed by atoms with Crippen molar-refractivity contribution >= 4 is 5.97 Å². The van der Waals surface area contributed by atoms with E-state index in [1.165, 1.54) is 0 Å². The Morgan fingerprint density at radius 2 is 1.65 bits per heavy atom. The SMILES string of the molecule is CCC(CC)N(CC(=O)OC(C)C)CC(C)C. The first-order valence-corrected chi connectivity index (χ1v) is 6.84. The summed E-state index contributed by atoms with van der Waals surface area (Å²) in [4.78, 5) is 14.0. The number of hydrogen-bond acceptors (Lipinski definition) is 3. The fraction of sp³-hybridized carbons (Fsp3) is 0.929. The summed E-state index contributed by atoms with van der Waals surface area (Å²) >= 11 is 0. The van der Waals surface area contributed by atoms with Crippen LogP contribution in [-0.4, -0.2) is 36.1 Å². The van der Waals surface area contributed by atoms with Crippen molar-refractivity contribution in [3.63, 3.8) is 0 Å². The van der Waals surface area contributed by atoms with Crippen LogP contribution in [0, 0.1) is 5.92 Å². The maximum Gasteiger partial charge on any atom is 0.320 e. The molecule has 0 aliphatic rings. The van der Waals surface area contributed by atoms with Crippen LogP contribution in [0.25, 0.3) is 0 Å². The fourth-order valence-electron chi connectivity index (χ4n) is 2.08. The standard InChI is InChI=1S/C14H29NO2/c1-7-13(8-2)15(9-11(3)4)10-14(16)17-12(5)6/h11-13H,7-10H2,1-6H3. The van der Waals surface area contributed by atoms with E-state index in [9.17, 15) is 4.79 Å². The summed E-state index contributed by atoms with van der Waals surface area (Å²) in [5.41, 5.74) is 0. The summed E-state index contributed by atoms with van der Waals surface area (Å²) in [6, 6.07) is 0.483. The second-order valence-corrected chi connectivity index (χ2v) is 5.33. The van der Waals surface area contributed by atoms with E-state index in [0.717, 1.165) is 19.4 Å². The smallest absolute Gasteiger partial charge is 0.320 e. The van der Waals surface area contributed by atoms with Crippen LogP contribution in [0.4, 0.5) is 0 Å². The Morgan fingerprint density at radius 3 is 2.00 bits per heavy atom. The molecule has 0 saturated carbocycles. The number of nitrogens with zero attached hydrogens (tertiary/aromatic N) is 1. The summed E-state index contributed by atoms with van der Waals surface area (Å²) in [6.45, 7) is 13.9. The highest BCUT2D eigenvalue weighted by Gasteiger charge is 2.20. The summed E-state index contributed by atoms with van der Waals surface area (Å²) in [6.07, 6.45) is 2.14. The average Bonchev–Trinajstić information content (AvgIpc) is 2.16. The van der Waals surface area contributed by atoms with Crippen molar-refractivity contribution in [2.45, 2.75) is 66.5 Å². The van der Waals surface area contributed by atoms with Crippen LogP contribution in [0.15, 0.2) is 0 Å². The quantitative estimate of drug-likeness (QED) is 0.614. The summed E-state index contributed by atoms with van der Waals surface area (Å²) in [5.74, 6) is 0.468. The van der Waals surface area contributed by atoms with Crippen LogP contribution >= 0.6 is 0 Å². The Labute approximate surface area is 107 Å². The number of esters is 1. The van der Waals surface area contributed by atoms with E-state index >= 15 is 0 Å². The Balaban J connectivity index is 4.41. The maximum absolute atomic E-state index is 11.7. The van der Waals surface area contributed by atoms with Gasteiger partial charge in [-0.15, -0.1) is 0 Å². The first kappa shape index (κ1) is 16.4.